The highest BCUT2D eigenvalue weighted by atomic mass is 35.5. The molecule has 1 aromatic heterocycles. The third kappa shape index (κ3) is 4.93. The minimum absolute atomic E-state index is 0.0180. The molecule has 39 heavy (non-hydrogen) atoms. The Morgan fingerprint density at radius 1 is 1.03 bits per heavy atom. The molecule has 3 aromatic rings. The number of anilines is 1. The minimum Gasteiger partial charge on any atom is -0.386 e. The van der Waals surface area contributed by atoms with E-state index in [1.165, 1.54) is 24.3 Å². The summed E-state index contributed by atoms with van der Waals surface area (Å²) in [6.45, 7) is 0. The Morgan fingerprint density at radius 2 is 1.72 bits per heavy atom. The first-order valence-electron chi connectivity index (χ1n) is 12.2. The van der Waals surface area contributed by atoms with Crippen LogP contribution in [0.5, 0.6) is 0 Å². The number of aromatic nitrogens is 1. The number of pyridine rings is 1. The maximum atomic E-state index is 13.7. The lowest BCUT2D eigenvalue weighted by Gasteiger charge is -2.45. The third-order valence-corrected chi connectivity index (χ3v) is 10.5. The van der Waals surface area contributed by atoms with Gasteiger partial charge in [0.15, 0.2) is 21.5 Å². The monoisotopic (exact) mass is 580 g/mol. The number of hydrogen-bond donors (Lipinski definition) is 3. The highest BCUT2D eigenvalue weighted by Gasteiger charge is 2.59. The van der Waals surface area contributed by atoms with Gasteiger partial charge in [0, 0.05) is 17.3 Å². The number of nitrogens with one attached hydrogen (secondary N) is 1. The number of rotatable bonds is 6. The molecule has 0 saturated heterocycles. The van der Waals surface area contributed by atoms with Crippen LogP contribution in [0.25, 0.3) is 0 Å². The number of amides is 1. The van der Waals surface area contributed by atoms with Crippen molar-refractivity contribution in [2.24, 2.45) is 11.8 Å². The van der Waals surface area contributed by atoms with Crippen molar-refractivity contribution in [1.82, 2.24) is 4.98 Å². The van der Waals surface area contributed by atoms with Crippen LogP contribution in [-0.4, -0.2) is 40.4 Å². The number of hydrogen-bond acceptors (Lipinski definition) is 6. The van der Waals surface area contributed by atoms with Crippen LogP contribution in [0.2, 0.25) is 5.02 Å². The Bertz CT molecular complexity index is 1520. The van der Waals surface area contributed by atoms with Crippen LogP contribution in [0.15, 0.2) is 59.6 Å². The van der Waals surface area contributed by atoms with Crippen molar-refractivity contribution in [3.8, 4) is 0 Å². The maximum Gasteiger partial charge on any atom is 0.255 e. The Hall–Kier alpha value is -2.99. The fraction of sp³-hybridized carbons (Fsp3) is 0.333. The number of aliphatic hydroxyl groups is 2. The zero-order valence-corrected chi connectivity index (χ0v) is 21.9. The number of carbonyl (C=O) groups is 1. The molecule has 2 fully saturated rings. The lowest BCUT2D eigenvalue weighted by atomic mass is 9.70. The number of nitrogens with zero attached hydrogens (tertiary/aromatic N) is 1. The van der Waals surface area contributed by atoms with Gasteiger partial charge in [0.1, 0.15) is 17.5 Å². The summed E-state index contributed by atoms with van der Waals surface area (Å²) in [6, 6.07) is 8.95. The second-order valence-electron chi connectivity index (χ2n) is 10.0. The molecule has 0 aliphatic heterocycles. The molecule has 7 nitrogen and oxygen atoms in total. The summed E-state index contributed by atoms with van der Waals surface area (Å²) >= 11 is 6.26. The van der Waals surface area contributed by atoms with Crippen LogP contribution in [0.1, 0.15) is 47.8 Å². The lowest BCUT2D eigenvalue weighted by molar-refractivity contribution is -0.145. The zero-order chi connectivity index (χ0) is 28.1. The van der Waals surface area contributed by atoms with Crippen LogP contribution in [0.3, 0.4) is 0 Å². The fourth-order valence-corrected chi connectivity index (χ4v) is 8.25. The molecule has 2 saturated carbocycles. The predicted octanol–water partition coefficient (Wildman–Crippen LogP) is 4.83. The van der Waals surface area contributed by atoms with Crippen molar-refractivity contribution >= 4 is 33.0 Å². The van der Waals surface area contributed by atoms with E-state index in [9.17, 15) is 36.6 Å². The van der Waals surface area contributed by atoms with Gasteiger partial charge in [-0.25, -0.2) is 21.6 Å². The molecule has 0 radical (unpaired) electrons. The summed E-state index contributed by atoms with van der Waals surface area (Å²) < 4.78 is 67.5. The molecule has 5 atom stereocenters. The first kappa shape index (κ1) is 27.6. The fourth-order valence-electron chi connectivity index (χ4n) is 5.85. The summed E-state index contributed by atoms with van der Waals surface area (Å²) in [4.78, 5) is 16.4. The highest BCUT2D eigenvalue weighted by Crippen LogP contribution is 2.56. The van der Waals surface area contributed by atoms with E-state index < -0.39 is 62.0 Å². The van der Waals surface area contributed by atoms with E-state index >= 15 is 0 Å². The minimum atomic E-state index is -4.09. The van der Waals surface area contributed by atoms with Gasteiger partial charge in [-0.3, -0.25) is 9.78 Å². The van der Waals surface area contributed by atoms with Gasteiger partial charge in [0.05, 0.1) is 27.1 Å². The van der Waals surface area contributed by atoms with E-state index in [1.807, 2.05) is 0 Å². The van der Waals surface area contributed by atoms with Crippen LogP contribution < -0.4 is 5.32 Å². The van der Waals surface area contributed by atoms with Crippen molar-refractivity contribution in [3.05, 3.63) is 88.5 Å². The first-order valence-corrected chi connectivity index (χ1v) is 14.2. The van der Waals surface area contributed by atoms with Crippen molar-refractivity contribution < 1.29 is 36.6 Å². The summed E-state index contributed by atoms with van der Waals surface area (Å²) in [6.07, 6.45) is 0.555. The Kier molecular flexibility index (Phi) is 7.21. The van der Waals surface area contributed by atoms with Gasteiger partial charge in [-0.2, -0.15) is 0 Å². The normalized spacial score (nSPS) is 25.3. The van der Waals surface area contributed by atoms with E-state index in [2.05, 4.69) is 10.3 Å². The van der Waals surface area contributed by atoms with E-state index in [1.54, 1.807) is 0 Å². The Balaban J connectivity index is 1.38. The summed E-state index contributed by atoms with van der Waals surface area (Å²) in [7, 11) is -4.09. The summed E-state index contributed by atoms with van der Waals surface area (Å²) in [5.41, 5.74) is -1.61. The van der Waals surface area contributed by atoms with Gasteiger partial charge >= 0.3 is 0 Å². The van der Waals surface area contributed by atoms with E-state index in [0.717, 1.165) is 30.5 Å². The lowest BCUT2D eigenvalue weighted by Crippen LogP contribution is -2.52. The van der Waals surface area contributed by atoms with Crippen LogP contribution in [0.4, 0.5) is 18.9 Å². The van der Waals surface area contributed by atoms with Crippen LogP contribution >= 0.6 is 11.6 Å². The molecule has 2 unspecified atom stereocenters. The SMILES string of the molecule is O=C(Nc1ccc(F)c(F)c1)c1ccc(Cl)c(S(=O)(=O)[C@@H]2CC3CC[C@@H](C2)[C@@]3(O)C(O)c2ccc(F)cn2)c1. The number of sulfone groups is 1. The van der Waals surface area contributed by atoms with Crippen molar-refractivity contribution in [3.63, 3.8) is 0 Å². The third-order valence-electron chi connectivity index (χ3n) is 7.85. The number of carbonyl (C=O) groups excluding carboxylic acids is 1. The molecule has 206 valence electrons. The molecule has 2 aliphatic rings. The predicted molar refractivity (Wildman–Crippen MR) is 136 cm³/mol. The smallest absolute Gasteiger partial charge is 0.255 e. The maximum absolute atomic E-state index is 13.7. The van der Waals surface area contributed by atoms with Gasteiger partial charge < -0.3 is 15.5 Å². The van der Waals surface area contributed by atoms with E-state index in [-0.39, 0.29) is 39.7 Å². The summed E-state index contributed by atoms with van der Waals surface area (Å²) in [5, 5.41) is 23.9. The molecule has 2 aromatic carbocycles. The molecule has 3 N–H and O–H groups in total. The van der Waals surface area contributed by atoms with Crippen molar-refractivity contribution in [1.29, 1.82) is 0 Å². The quantitative estimate of drug-likeness (QED) is 0.384. The van der Waals surface area contributed by atoms with Gasteiger partial charge in [-0.05, 0) is 80.0 Å². The largest absolute Gasteiger partial charge is 0.386 e. The topological polar surface area (TPSA) is 117 Å². The van der Waals surface area contributed by atoms with Gasteiger partial charge in [0.25, 0.3) is 5.91 Å². The Labute approximate surface area is 227 Å². The molecule has 1 amide bonds. The van der Waals surface area contributed by atoms with Gasteiger partial charge in [0.2, 0.25) is 0 Å². The van der Waals surface area contributed by atoms with Gasteiger partial charge in [-0.15, -0.1) is 0 Å². The molecular weight excluding hydrogens is 557 g/mol. The molecule has 2 aliphatic carbocycles. The van der Waals surface area contributed by atoms with Gasteiger partial charge in [-0.1, -0.05) is 11.6 Å². The number of halogens is 4. The van der Waals surface area contributed by atoms with Crippen LogP contribution in [0, 0.1) is 29.3 Å². The Morgan fingerprint density at radius 3 is 2.33 bits per heavy atom. The molecule has 1 heterocycles. The molecule has 12 heteroatoms. The van der Waals surface area contributed by atoms with E-state index in [0.29, 0.717) is 12.8 Å². The highest BCUT2D eigenvalue weighted by molar-refractivity contribution is 7.92. The average Bonchev–Trinajstić information content (AvgIpc) is 3.06. The second-order valence-corrected chi connectivity index (χ2v) is 12.6. The number of aliphatic hydroxyl groups excluding tert-OH is 1. The average molecular weight is 581 g/mol. The summed E-state index contributed by atoms with van der Waals surface area (Å²) in [5.74, 6) is -4.72. The molecule has 2 bridgehead atoms. The standard InChI is InChI=1S/C27H24ClF3N2O5S/c28-20-6-1-14(26(35)33-18-5-7-21(30)22(31)12-18)9-24(20)39(37,38)19-10-15-2-3-16(11-19)27(15,36)25(34)23-8-4-17(29)13-32-23/h1,4-9,12-13,15-16,19,25,34,36H,2-3,10-11H2,(H,33,35)/t15-,16?,19-,25?,27-/m0/s1. The molecule has 0 spiro atoms. The zero-order valence-electron chi connectivity index (χ0n) is 20.3. The second kappa shape index (κ2) is 10.2. The number of benzene rings is 2. The molecule has 5 rings (SSSR count). The number of fused-ring (bicyclic) bond motifs is 2. The molecular formula is C27H24ClF3N2O5S. The first-order chi connectivity index (χ1) is 18.4. The van der Waals surface area contributed by atoms with Crippen LogP contribution in [-0.2, 0) is 9.84 Å². The van der Waals surface area contributed by atoms with Crippen molar-refractivity contribution in [2.75, 3.05) is 5.32 Å². The van der Waals surface area contributed by atoms with E-state index in [4.69, 9.17) is 11.6 Å². The van der Waals surface area contributed by atoms with Crippen molar-refractivity contribution in [2.45, 2.75) is 47.5 Å².